The van der Waals surface area contributed by atoms with Crippen molar-refractivity contribution in [1.29, 1.82) is 0 Å². The van der Waals surface area contributed by atoms with Crippen LogP contribution in [0.15, 0.2) is 24.3 Å². The molecule has 1 atom stereocenters. The molecule has 0 saturated carbocycles. The molecular formula is C15H25FN2. The van der Waals surface area contributed by atoms with Gasteiger partial charge in [0.1, 0.15) is 5.82 Å². The molecule has 0 aromatic heterocycles. The largest absolute Gasteiger partial charge is 0.374 e. The van der Waals surface area contributed by atoms with Gasteiger partial charge in [0, 0.05) is 25.8 Å². The van der Waals surface area contributed by atoms with Gasteiger partial charge in [0.2, 0.25) is 0 Å². The molecule has 0 fully saturated rings. The number of hydrogen-bond acceptors (Lipinski definition) is 2. The molecule has 0 aliphatic rings. The van der Waals surface area contributed by atoms with Crippen molar-refractivity contribution >= 4 is 5.69 Å². The Balaban J connectivity index is 2.69. The Hall–Kier alpha value is -1.09. The van der Waals surface area contributed by atoms with Crippen LogP contribution < -0.4 is 10.2 Å². The molecule has 1 unspecified atom stereocenters. The van der Waals surface area contributed by atoms with Gasteiger partial charge in [-0.05, 0) is 36.6 Å². The topological polar surface area (TPSA) is 15.3 Å². The summed E-state index contributed by atoms with van der Waals surface area (Å²) in [5.74, 6) is -0.177. The van der Waals surface area contributed by atoms with Crippen LogP contribution in [0.4, 0.5) is 10.1 Å². The number of hydrogen-bond donors (Lipinski definition) is 1. The molecule has 1 rings (SSSR count). The van der Waals surface area contributed by atoms with Gasteiger partial charge in [-0.3, -0.25) is 0 Å². The second kappa shape index (κ2) is 6.74. The standard InChI is InChI=1S/C15H25FN2/c1-5-15(3,11-17-6-2)12-18(4)14-9-7-8-13(16)10-14/h7-10,17H,5-6,11-12H2,1-4H3. The van der Waals surface area contributed by atoms with Crippen LogP contribution in [0.3, 0.4) is 0 Å². The lowest BCUT2D eigenvalue weighted by Gasteiger charge is -2.34. The number of rotatable bonds is 7. The van der Waals surface area contributed by atoms with Crippen molar-refractivity contribution in [2.24, 2.45) is 5.41 Å². The lowest BCUT2D eigenvalue weighted by atomic mass is 9.86. The van der Waals surface area contributed by atoms with Crippen LogP contribution in [-0.4, -0.2) is 26.7 Å². The van der Waals surface area contributed by atoms with E-state index in [1.807, 2.05) is 13.1 Å². The van der Waals surface area contributed by atoms with Gasteiger partial charge in [0.25, 0.3) is 0 Å². The normalized spacial score (nSPS) is 14.3. The Morgan fingerprint density at radius 2 is 2.06 bits per heavy atom. The average molecular weight is 252 g/mol. The van der Waals surface area contributed by atoms with Crippen LogP contribution in [0.1, 0.15) is 27.2 Å². The third kappa shape index (κ3) is 4.30. The van der Waals surface area contributed by atoms with Gasteiger partial charge < -0.3 is 10.2 Å². The minimum Gasteiger partial charge on any atom is -0.374 e. The molecule has 1 N–H and O–H groups in total. The predicted molar refractivity (Wildman–Crippen MR) is 76.6 cm³/mol. The van der Waals surface area contributed by atoms with E-state index in [2.05, 4.69) is 31.0 Å². The van der Waals surface area contributed by atoms with Gasteiger partial charge in [-0.15, -0.1) is 0 Å². The minimum absolute atomic E-state index is 0.177. The maximum atomic E-state index is 13.2. The zero-order chi connectivity index (χ0) is 13.6. The van der Waals surface area contributed by atoms with E-state index in [0.717, 1.165) is 31.7 Å². The second-order valence-corrected chi connectivity index (χ2v) is 5.28. The summed E-state index contributed by atoms with van der Waals surface area (Å²) < 4.78 is 13.2. The smallest absolute Gasteiger partial charge is 0.125 e. The van der Waals surface area contributed by atoms with Crippen LogP contribution in [0, 0.1) is 11.2 Å². The molecule has 18 heavy (non-hydrogen) atoms. The molecule has 1 aromatic carbocycles. The monoisotopic (exact) mass is 252 g/mol. The van der Waals surface area contributed by atoms with Gasteiger partial charge in [0.05, 0.1) is 0 Å². The molecule has 0 saturated heterocycles. The van der Waals surface area contributed by atoms with E-state index in [1.54, 1.807) is 12.1 Å². The van der Waals surface area contributed by atoms with Crippen LogP contribution in [0.25, 0.3) is 0 Å². The maximum absolute atomic E-state index is 13.2. The van der Waals surface area contributed by atoms with Crippen molar-refractivity contribution in [1.82, 2.24) is 5.32 Å². The number of anilines is 1. The van der Waals surface area contributed by atoms with E-state index in [1.165, 1.54) is 6.07 Å². The molecule has 3 heteroatoms. The van der Waals surface area contributed by atoms with Crippen molar-refractivity contribution in [2.75, 3.05) is 31.6 Å². The first-order valence-corrected chi connectivity index (χ1v) is 6.68. The first kappa shape index (κ1) is 15.0. The molecule has 2 nitrogen and oxygen atoms in total. The fraction of sp³-hybridized carbons (Fsp3) is 0.600. The highest BCUT2D eigenvalue weighted by atomic mass is 19.1. The molecular weight excluding hydrogens is 227 g/mol. The van der Waals surface area contributed by atoms with E-state index in [-0.39, 0.29) is 11.2 Å². The van der Waals surface area contributed by atoms with E-state index < -0.39 is 0 Å². The fourth-order valence-corrected chi connectivity index (χ4v) is 2.10. The van der Waals surface area contributed by atoms with Crippen LogP contribution in [-0.2, 0) is 0 Å². The van der Waals surface area contributed by atoms with Crippen LogP contribution in [0.2, 0.25) is 0 Å². The van der Waals surface area contributed by atoms with Gasteiger partial charge in [-0.1, -0.05) is 26.8 Å². The minimum atomic E-state index is -0.177. The summed E-state index contributed by atoms with van der Waals surface area (Å²) in [5, 5.41) is 3.41. The first-order valence-electron chi connectivity index (χ1n) is 6.68. The number of nitrogens with zero attached hydrogens (tertiary/aromatic N) is 1. The molecule has 102 valence electrons. The third-order valence-corrected chi connectivity index (χ3v) is 3.52. The van der Waals surface area contributed by atoms with Crippen molar-refractivity contribution < 1.29 is 4.39 Å². The number of halogens is 1. The summed E-state index contributed by atoms with van der Waals surface area (Å²) in [6.45, 7) is 9.48. The fourth-order valence-electron chi connectivity index (χ4n) is 2.10. The van der Waals surface area contributed by atoms with E-state index in [4.69, 9.17) is 0 Å². The predicted octanol–water partition coefficient (Wildman–Crippen LogP) is 3.29. The summed E-state index contributed by atoms with van der Waals surface area (Å²) >= 11 is 0. The highest BCUT2D eigenvalue weighted by Crippen LogP contribution is 2.24. The van der Waals surface area contributed by atoms with Crippen LogP contribution in [0.5, 0.6) is 0 Å². The highest BCUT2D eigenvalue weighted by Gasteiger charge is 2.23. The molecule has 0 amide bonds. The molecule has 1 aromatic rings. The first-order chi connectivity index (χ1) is 8.50. The molecule has 0 spiro atoms. The molecule has 0 aliphatic heterocycles. The Morgan fingerprint density at radius 3 is 2.61 bits per heavy atom. The molecule has 0 aliphatic carbocycles. The van der Waals surface area contributed by atoms with Crippen molar-refractivity contribution in [3.8, 4) is 0 Å². The van der Waals surface area contributed by atoms with Gasteiger partial charge in [-0.25, -0.2) is 4.39 Å². The summed E-state index contributed by atoms with van der Waals surface area (Å²) in [6, 6.07) is 6.78. The Morgan fingerprint density at radius 1 is 1.33 bits per heavy atom. The highest BCUT2D eigenvalue weighted by molar-refractivity contribution is 5.45. The van der Waals surface area contributed by atoms with Crippen molar-refractivity contribution in [3.63, 3.8) is 0 Å². The van der Waals surface area contributed by atoms with Gasteiger partial charge in [-0.2, -0.15) is 0 Å². The second-order valence-electron chi connectivity index (χ2n) is 5.28. The summed E-state index contributed by atoms with van der Waals surface area (Å²) in [4.78, 5) is 2.13. The maximum Gasteiger partial charge on any atom is 0.125 e. The Labute approximate surface area is 110 Å². The summed E-state index contributed by atoms with van der Waals surface area (Å²) in [7, 11) is 2.02. The third-order valence-electron chi connectivity index (χ3n) is 3.52. The Bertz CT molecular complexity index is 367. The molecule has 0 bridgehead atoms. The van der Waals surface area contributed by atoms with Gasteiger partial charge >= 0.3 is 0 Å². The lowest BCUT2D eigenvalue weighted by molar-refractivity contribution is 0.302. The lowest BCUT2D eigenvalue weighted by Crippen LogP contribution is -2.40. The SMILES string of the molecule is CCNCC(C)(CC)CN(C)c1cccc(F)c1. The average Bonchev–Trinajstić information content (AvgIpc) is 2.36. The summed E-state index contributed by atoms with van der Waals surface area (Å²) in [5.41, 5.74) is 1.14. The number of benzene rings is 1. The quantitative estimate of drug-likeness (QED) is 0.801. The zero-order valence-electron chi connectivity index (χ0n) is 12.0. The number of nitrogens with one attached hydrogen (secondary N) is 1. The molecule has 0 radical (unpaired) electrons. The zero-order valence-corrected chi connectivity index (χ0v) is 12.0. The van der Waals surface area contributed by atoms with Gasteiger partial charge in [0.15, 0.2) is 0 Å². The summed E-state index contributed by atoms with van der Waals surface area (Å²) in [6.07, 6.45) is 1.10. The molecule has 0 heterocycles. The van der Waals surface area contributed by atoms with E-state index >= 15 is 0 Å². The van der Waals surface area contributed by atoms with Crippen LogP contribution >= 0.6 is 0 Å². The van der Waals surface area contributed by atoms with Crippen molar-refractivity contribution in [3.05, 3.63) is 30.1 Å². The van der Waals surface area contributed by atoms with E-state index in [0.29, 0.717) is 0 Å². The Kier molecular flexibility index (Phi) is 5.60. The van der Waals surface area contributed by atoms with E-state index in [9.17, 15) is 4.39 Å². The van der Waals surface area contributed by atoms with Crippen molar-refractivity contribution in [2.45, 2.75) is 27.2 Å².